The fourth-order valence-electron chi connectivity index (χ4n) is 2.67. The Balaban J connectivity index is 0.000000422. The number of hydrazine groups is 2. The summed E-state index contributed by atoms with van der Waals surface area (Å²) in [6.07, 6.45) is -8.28. The van der Waals surface area contributed by atoms with E-state index in [4.69, 9.17) is 17.2 Å². The lowest BCUT2D eigenvalue weighted by molar-refractivity contribution is -0.388. The van der Waals surface area contributed by atoms with Gasteiger partial charge in [0.25, 0.3) is 17.5 Å². The maximum absolute atomic E-state index is 12.7. The van der Waals surface area contributed by atoms with Crippen molar-refractivity contribution >= 4 is 54.6 Å². The molecule has 0 spiro atoms. The van der Waals surface area contributed by atoms with Gasteiger partial charge in [-0.3, -0.25) is 30.6 Å². The van der Waals surface area contributed by atoms with Gasteiger partial charge in [0.1, 0.15) is 5.56 Å². The molecule has 0 fully saturated rings. The van der Waals surface area contributed by atoms with E-state index in [1.165, 1.54) is 0 Å². The third-order valence-electron chi connectivity index (χ3n) is 4.39. The van der Waals surface area contributed by atoms with E-state index in [9.17, 15) is 62.9 Å². The molecule has 0 saturated heterocycles. The van der Waals surface area contributed by atoms with Crippen LogP contribution in [0, 0.1) is 10.1 Å². The molecule has 2 aromatic rings. The van der Waals surface area contributed by atoms with Gasteiger partial charge in [0.05, 0.1) is 34.1 Å². The number of nitrogens with one attached hydrogen (secondary N) is 4. The Morgan fingerprint density at radius 1 is 0.714 bits per heavy atom. The summed E-state index contributed by atoms with van der Waals surface area (Å²) >= 11 is 0. The Hall–Kier alpha value is -4.42. The van der Waals surface area contributed by atoms with Crippen LogP contribution in [-0.4, -0.2) is 46.1 Å². The molecule has 0 aliphatic rings. The van der Waals surface area contributed by atoms with E-state index < -0.39 is 88.6 Å². The van der Waals surface area contributed by atoms with Gasteiger partial charge in [-0.25, -0.2) is 16.8 Å². The highest BCUT2D eigenvalue weighted by Crippen LogP contribution is 2.38. The molecular formula is C18H20F6N8O8S2. The molecule has 0 saturated carbocycles. The first kappa shape index (κ1) is 35.6. The SMILES string of the molecule is CS(=O)(=O)NNC(=O)c1cc(N)c(C(F)(F)F)cc1N.CS(=O)(=O)NNC(=O)c1cc([N+](=O)[O-])c(C(F)(F)F)cc1N. The minimum Gasteiger partial charge on any atom is -0.398 e. The molecule has 42 heavy (non-hydrogen) atoms. The monoisotopic (exact) mass is 654 g/mol. The maximum Gasteiger partial charge on any atom is 0.423 e. The summed E-state index contributed by atoms with van der Waals surface area (Å²) in [5.41, 5.74) is 12.1. The predicted octanol–water partition coefficient (Wildman–Crippen LogP) is 0.454. The van der Waals surface area contributed by atoms with E-state index in [0.29, 0.717) is 18.4 Å². The smallest absolute Gasteiger partial charge is 0.398 e. The lowest BCUT2D eigenvalue weighted by atomic mass is 10.1. The zero-order chi connectivity index (χ0) is 33.0. The third kappa shape index (κ3) is 10.5. The van der Waals surface area contributed by atoms with Gasteiger partial charge in [-0.15, -0.1) is 9.66 Å². The number of nitrogens with zero attached hydrogens (tertiary/aromatic N) is 1. The second-order valence-corrected chi connectivity index (χ2v) is 11.4. The number of nitro groups is 1. The van der Waals surface area contributed by atoms with Crippen molar-refractivity contribution in [2.24, 2.45) is 0 Å². The predicted molar refractivity (Wildman–Crippen MR) is 134 cm³/mol. The molecule has 234 valence electrons. The maximum atomic E-state index is 12.7. The van der Waals surface area contributed by atoms with Crippen molar-refractivity contribution in [2.45, 2.75) is 12.4 Å². The molecule has 2 amide bonds. The van der Waals surface area contributed by atoms with E-state index in [1.807, 2.05) is 0 Å². The number of amides is 2. The van der Waals surface area contributed by atoms with Crippen molar-refractivity contribution in [3.8, 4) is 0 Å². The Labute approximate surface area is 231 Å². The lowest BCUT2D eigenvalue weighted by Crippen LogP contribution is -2.41. The fourth-order valence-corrected chi connectivity index (χ4v) is 3.22. The molecule has 0 bridgehead atoms. The number of rotatable bonds is 7. The number of nitrogens with two attached hydrogens (primary N) is 3. The number of alkyl halides is 6. The zero-order valence-electron chi connectivity index (χ0n) is 20.8. The van der Waals surface area contributed by atoms with Crippen molar-refractivity contribution in [1.29, 1.82) is 0 Å². The minimum absolute atomic E-state index is 0.230. The molecule has 0 aliphatic heterocycles. The van der Waals surface area contributed by atoms with Gasteiger partial charge in [0.15, 0.2) is 0 Å². The molecule has 2 aromatic carbocycles. The largest absolute Gasteiger partial charge is 0.423 e. The highest BCUT2D eigenvalue weighted by Gasteiger charge is 2.39. The van der Waals surface area contributed by atoms with Crippen LogP contribution in [-0.2, 0) is 32.4 Å². The molecule has 0 atom stereocenters. The molecule has 0 unspecified atom stereocenters. The first-order chi connectivity index (χ1) is 18.7. The first-order valence-electron chi connectivity index (χ1n) is 10.2. The van der Waals surface area contributed by atoms with Gasteiger partial charge in [0.2, 0.25) is 20.0 Å². The fraction of sp³-hybridized carbons (Fsp3) is 0.222. The van der Waals surface area contributed by atoms with Crippen molar-refractivity contribution in [2.75, 3.05) is 29.7 Å². The summed E-state index contributed by atoms with van der Waals surface area (Å²) in [6.45, 7) is 0. The standard InChI is InChI=1S/C9H9F3N4O5S.C9H11F3N4O3S/c1-22(20,21)15-14-8(17)4-2-7(16(18)19)5(3-6(4)13)9(10,11)12;1-20(18,19)16-15-8(17)4-2-7(14)5(3-6(4)13)9(10,11)12/h2-3,15H,13H2,1H3,(H,14,17);2-3,16H,13-14H2,1H3,(H,15,17). The van der Waals surface area contributed by atoms with Crippen molar-refractivity contribution in [3.05, 3.63) is 56.6 Å². The average molecular weight is 655 g/mol. The average Bonchev–Trinajstić information content (AvgIpc) is 2.80. The van der Waals surface area contributed by atoms with Crippen LogP contribution in [0.3, 0.4) is 0 Å². The Morgan fingerprint density at radius 3 is 1.40 bits per heavy atom. The Morgan fingerprint density at radius 2 is 1.07 bits per heavy atom. The number of carbonyl (C=O) groups is 2. The number of halogens is 6. The van der Waals surface area contributed by atoms with Crippen LogP contribution in [0.1, 0.15) is 31.8 Å². The van der Waals surface area contributed by atoms with Gasteiger partial charge >= 0.3 is 12.4 Å². The number of sulfonamides is 2. The molecule has 16 nitrogen and oxygen atoms in total. The van der Waals surface area contributed by atoms with Crippen LogP contribution in [0.4, 0.5) is 49.1 Å². The topological polar surface area (TPSA) is 272 Å². The van der Waals surface area contributed by atoms with Crippen LogP contribution in [0.15, 0.2) is 24.3 Å². The van der Waals surface area contributed by atoms with Crippen LogP contribution in [0.25, 0.3) is 0 Å². The Bertz CT molecular complexity index is 1610. The zero-order valence-corrected chi connectivity index (χ0v) is 22.5. The van der Waals surface area contributed by atoms with Gasteiger partial charge < -0.3 is 17.2 Å². The number of anilines is 3. The van der Waals surface area contributed by atoms with Crippen LogP contribution in [0.2, 0.25) is 0 Å². The highest BCUT2D eigenvalue weighted by atomic mass is 32.2. The highest BCUT2D eigenvalue weighted by molar-refractivity contribution is 7.88. The normalized spacial score (nSPS) is 12.1. The number of hydrogen-bond donors (Lipinski definition) is 7. The van der Waals surface area contributed by atoms with Crippen molar-refractivity contribution < 1.29 is 57.7 Å². The molecule has 10 N–H and O–H groups in total. The summed E-state index contributed by atoms with van der Waals surface area (Å²) in [7, 11) is -7.55. The number of benzene rings is 2. The molecular weight excluding hydrogens is 634 g/mol. The molecule has 0 aliphatic carbocycles. The van der Waals surface area contributed by atoms with Gasteiger partial charge in [-0.05, 0) is 18.2 Å². The number of nitro benzene ring substituents is 1. The van der Waals surface area contributed by atoms with Gasteiger partial charge in [-0.1, -0.05) is 0 Å². The summed E-state index contributed by atoms with van der Waals surface area (Å²) in [5, 5.41) is 10.7. The lowest BCUT2D eigenvalue weighted by Gasteiger charge is -2.14. The van der Waals surface area contributed by atoms with E-state index >= 15 is 0 Å². The summed E-state index contributed by atoms with van der Waals surface area (Å²) in [5.74, 6) is -2.28. The van der Waals surface area contributed by atoms with Crippen LogP contribution in [0.5, 0.6) is 0 Å². The van der Waals surface area contributed by atoms with Gasteiger partial charge in [-0.2, -0.15) is 26.3 Å². The quantitative estimate of drug-likeness (QED) is 0.0932. The molecule has 0 aromatic heterocycles. The molecule has 0 radical (unpaired) electrons. The van der Waals surface area contributed by atoms with Gasteiger partial charge in [0, 0.05) is 23.1 Å². The van der Waals surface area contributed by atoms with Crippen molar-refractivity contribution in [3.63, 3.8) is 0 Å². The van der Waals surface area contributed by atoms with E-state index in [1.54, 1.807) is 20.5 Å². The molecule has 24 heteroatoms. The summed E-state index contributed by atoms with van der Waals surface area (Å²) < 4.78 is 119. The number of nitrogen functional groups attached to an aromatic ring is 3. The summed E-state index contributed by atoms with van der Waals surface area (Å²) in [6, 6.07) is 1.77. The van der Waals surface area contributed by atoms with Crippen LogP contribution < -0.4 is 37.7 Å². The Kier molecular flexibility index (Phi) is 10.7. The van der Waals surface area contributed by atoms with Crippen LogP contribution >= 0.6 is 0 Å². The van der Waals surface area contributed by atoms with E-state index in [2.05, 4.69) is 0 Å². The minimum atomic E-state index is -5.05. The molecule has 0 heterocycles. The van der Waals surface area contributed by atoms with Crippen molar-refractivity contribution in [1.82, 2.24) is 20.5 Å². The first-order valence-corrected chi connectivity index (χ1v) is 14.0. The third-order valence-corrected chi connectivity index (χ3v) is 5.33. The second kappa shape index (κ2) is 12.6. The number of hydrogen-bond acceptors (Lipinski definition) is 11. The number of carbonyl (C=O) groups excluding carboxylic acids is 2. The van der Waals surface area contributed by atoms with E-state index in [-0.39, 0.29) is 11.6 Å². The molecule has 2 rings (SSSR count). The van der Waals surface area contributed by atoms with E-state index in [0.717, 1.165) is 12.3 Å². The summed E-state index contributed by atoms with van der Waals surface area (Å²) in [4.78, 5) is 35.8. The second-order valence-electron chi connectivity index (χ2n) is 7.89.